The van der Waals surface area contributed by atoms with Crippen molar-refractivity contribution in [3.8, 4) is 10.6 Å². The van der Waals surface area contributed by atoms with Crippen molar-refractivity contribution in [2.45, 2.75) is 57.7 Å². The van der Waals surface area contributed by atoms with Crippen molar-refractivity contribution in [2.24, 2.45) is 0 Å². The number of aliphatic hydroxyl groups is 1. The van der Waals surface area contributed by atoms with Gasteiger partial charge in [-0.15, -0.1) is 11.3 Å². The molecular weight excluding hydrogens is 484 g/mol. The van der Waals surface area contributed by atoms with Crippen LogP contribution in [-0.2, 0) is 5.60 Å². The lowest BCUT2D eigenvalue weighted by molar-refractivity contribution is 0.0240. The van der Waals surface area contributed by atoms with E-state index in [0.29, 0.717) is 36.4 Å². The number of pyridine rings is 2. The van der Waals surface area contributed by atoms with Gasteiger partial charge < -0.3 is 15.3 Å². The van der Waals surface area contributed by atoms with Crippen LogP contribution in [0.15, 0.2) is 36.7 Å². The fourth-order valence-corrected chi connectivity index (χ4v) is 6.36. The SMILES string of the molecule is CCC(O)(CC)c1cc(-c2nc3cc(Nc4cc(C)nc(N5C[C@@H]6C[C@H]5CN6C)n4)ncc3s2)ccn1. The van der Waals surface area contributed by atoms with Crippen molar-refractivity contribution in [2.75, 3.05) is 30.4 Å². The number of likely N-dealkylation sites (tertiary alicyclic amines) is 1. The summed E-state index contributed by atoms with van der Waals surface area (Å²) in [4.78, 5) is 28.3. The Morgan fingerprint density at radius 3 is 2.62 bits per heavy atom. The summed E-state index contributed by atoms with van der Waals surface area (Å²) in [5, 5.41) is 15.2. The Kier molecular flexibility index (Phi) is 6.05. The molecule has 4 aromatic rings. The van der Waals surface area contributed by atoms with Gasteiger partial charge in [0.05, 0.1) is 15.9 Å². The van der Waals surface area contributed by atoms with E-state index in [4.69, 9.17) is 15.0 Å². The maximum atomic E-state index is 10.9. The molecule has 9 nitrogen and oxygen atoms in total. The summed E-state index contributed by atoms with van der Waals surface area (Å²) in [6, 6.07) is 8.85. The lowest BCUT2D eigenvalue weighted by Crippen LogP contribution is -2.45. The second-order valence-corrected chi connectivity index (χ2v) is 11.2. The highest BCUT2D eigenvalue weighted by Crippen LogP contribution is 2.35. The zero-order chi connectivity index (χ0) is 25.7. The van der Waals surface area contributed by atoms with Gasteiger partial charge in [-0.25, -0.2) is 15.0 Å². The third-order valence-corrected chi connectivity index (χ3v) is 8.85. The molecule has 2 saturated heterocycles. The molecular formula is C27H32N8OS. The van der Waals surface area contributed by atoms with E-state index in [1.54, 1.807) is 17.5 Å². The summed E-state index contributed by atoms with van der Waals surface area (Å²) in [6.45, 7) is 7.99. The van der Waals surface area contributed by atoms with E-state index in [1.165, 1.54) is 6.42 Å². The van der Waals surface area contributed by atoms with E-state index in [9.17, 15) is 5.11 Å². The number of nitrogens with zero attached hydrogens (tertiary/aromatic N) is 7. The van der Waals surface area contributed by atoms with Crippen LogP contribution in [0.1, 0.15) is 44.5 Å². The molecule has 0 aromatic carbocycles. The quantitative estimate of drug-likeness (QED) is 0.368. The predicted octanol–water partition coefficient (Wildman–Crippen LogP) is 4.50. The molecule has 2 atom stereocenters. The smallest absolute Gasteiger partial charge is 0.227 e. The van der Waals surface area contributed by atoms with Gasteiger partial charge in [0.2, 0.25) is 5.95 Å². The Morgan fingerprint density at radius 2 is 1.89 bits per heavy atom. The molecule has 2 fully saturated rings. The Bertz CT molecular complexity index is 1450. The Labute approximate surface area is 220 Å². The number of piperazine rings is 1. The summed E-state index contributed by atoms with van der Waals surface area (Å²) in [5.74, 6) is 2.21. The summed E-state index contributed by atoms with van der Waals surface area (Å²) < 4.78 is 0.997. The number of thiazole rings is 1. The van der Waals surface area contributed by atoms with Crippen molar-refractivity contribution in [3.05, 3.63) is 48.0 Å². The molecule has 192 valence electrons. The van der Waals surface area contributed by atoms with Gasteiger partial charge in [0.25, 0.3) is 0 Å². The highest BCUT2D eigenvalue weighted by molar-refractivity contribution is 7.21. The lowest BCUT2D eigenvalue weighted by atomic mass is 9.92. The number of fused-ring (bicyclic) bond motifs is 3. The minimum Gasteiger partial charge on any atom is -0.384 e. The molecule has 0 aliphatic carbocycles. The number of anilines is 3. The van der Waals surface area contributed by atoms with Crippen LogP contribution in [0.4, 0.5) is 17.6 Å². The first kappa shape index (κ1) is 24.1. The maximum absolute atomic E-state index is 10.9. The first-order chi connectivity index (χ1) is 17.8. The van der Waals surface area contributed by atoms with Crippen molar-refractivity contribution >= 4 is 39.1 Å². The van der Waals surface area contributed by atoms with Gasteiger partial charge in [-0.2, -0.15) is 4.98 Å². The minimum absolute atomic E-state index is 0.479. The number of nitrogens with one attached hydrogen (secondary N) is 1. The molecule has 2 N–H and O–H groups in total. The van der Waals surface area contributed by atoms with Gasteiger partial charge in [-0.1, -0.05) is 13.8 Å². The van der Waals surface area contributed by atoms with E-state index < -0.39 is 5.60 Å². The summed E-state index contributed by atoms with van der Waals surface area (Å²) in [7, 11) is 2.20. The third kappa shape index (κ3) is 4.43. The van der Waals surface area contributed by atoms with Gasteiger partial charge in [-0.3, -0.25) is 9.88 Å². The number of aryl methyl sites for hydroxylation is 1. The second-order valence-electron chi connectivity index (χ2n) is 10.2. The molecule has 37 heavy (non-hydrogen) atoms. The van der Waals surface area contributed by atoms with E-state index in [-0.39, 0.29) is 0 Å². The van der Waals surface area contributed by atoms with Crippen LogP contribution in [0.25, 0.3) is 20.8 Å². The van der Waals surface area contributed by atoms with Crippen LogP contribution >= 0.6 is 11.3 Å². The number of hydrogen-bond donors (Lipinski definition) is 2. The van der Waals surface area contributed by atoms with Crippen molar-refractivity contribution in [1.29, 1.82) is 0 Å². The fourth-order valence-electron chi connectivity index (χ4n) is 5.44. The van der Waals surface area contributed by atoms with Crippen molar-refractivity contribution in [1.82, 2.24) is 29.8 Å². The van der Waals surface area contributed by atoms with E-state index in [2.05, 4.69) is 32.1 Å². The molecule has 4 aromatic heterocycles. The number of rotatable bonds is 7. The number of likely N-dealkylation sites (N-methyl/N-ethyl adjacent to an activating group) is 1. The molecule has 2 aliphatic rings. The number of hydrogen-bond acceptors (Lipinski definition) is 10. The van der Waals surface area contributed by atoms with Crippen LogP contribution in [0.2, 0.25) is 0 Å². The minimum atomic E-state index is -0.926. The highest BCUT2D eigenvalue weighted by atomic mass is 32.1. The molecule has 6 heterocycles. The fraction of sp³-hybridized carbons (Fsp3) is 0.444. The Hall–Kier alpha value is -3.21. The first-order valence-electron chi connectivity index (χ1n) is 12.9. The molecule has 0 radical (unpaired) electrons. The summed E-state index contributed by atoms with van der Waals surface area (Å²) in [6.07, 6.45) is 5.99. The number of aromatic nitrogens is 5. The normalized spacial score (nSPS) is 19.8. The van der Waals surface area contributed by atoms with Gasteiger partial charge in [0, 0.05) is 61.0 Å². The second kappa shape index (κ2) is 9.27. The summed E-state index contributed by atoms with van der Waals surface area (Å²) >= 11 is 1.58. The first-order valence-corrected chi connectivity index (χ1v) is 13.7. The van der Waals surface area contributed by atoms with Gasteiger partial charge in [-0.05, 0) is 45.4 Å². The van der Waals surface area contributed by atoms with Crippen molar-refractivity contribution < 1.29 is 5.11 Å². The molecule has 10 heteroatoms. The standard InChI is InChI=1S/C27H32N8OS/c1-5-27(36,6-2)22-10-17(7-8-28-22)25-31-20-12-23(29-13-21(20)37-25)32-24-9-16(3)30-26(33-24)35-15-18-11-19(35)14-34(18)4/h7-10,12-13,18-19,36H,5-6,11,14-15H2,1-4H3,(H,29,30,32,33)/t18-,19-/m0/s1. The van der Waals surface area contributed by atoms with Crippen molar-refractivity contribution in [3.63, 3.8) is 0 Å². The van der Waals surface area contributed by atoms with Crippen LogP contribution in [0, 0.1) is 6.92 Å². The maximum Gasteiger partial charge on any atom is 0.227 e. The highest BCUT2D eigenvalue weighted by Gasteiger charge is 2.42. The molecule has 0 spiro atoms. The largest absolute Gasteiger partial charge is 0.384 e. The van der Waals surface area contributed by atoms with Gasteiger partial charge in [0.1, 0.15) is 22.2 Å². The molecule has 0 amide bonds. The van der Waals surface area contributed by atoms with Crippen LogP contribution < -0.4 is 10.2 Å². The zero-order valence-corrected chi connectivity index (χ0v) is 22.5. The van der Waals surface area contributed by atoms with Gasteiger partial charge >= 0.3 is 0 Å². The zero-order valence-electron chi connectivity index (χ0n) is 21.6. The average molecular weight is 517 g/mol. The van der Waals surface area contributed by atoms with E-state index in [1.807, 2.05) is 51.2 Å². The summed E-state index contributed by atoms with van der Waals surface area (Å²) in [5.41, 5.74) is 2.49. The lowest BCUT2D eigenvalue weighted by Gasteiger charge is -2.32. The molecule has 2 bridgehead atoms. The average Bonchev–Trinajstić information content (AvgIpc) is 3.61. The molecule has 2 aliphatic heterocycles. The Morgan fingerprint density at radius 1 is 1.05 bits per heavy atom. The van der Waals surface area contributed by atoms with Gasteiger partial charge in [0.15, 0.2) is 0 Å². The third-order valence-electron chi connectivity index (χ3n) is 7.80. The van der Waals surface area contributed by atoms with E-state index >= 15 is 0 Å². The predicted molar refractivity (Wildman–Crippen MR) is 147 cm³/mol. The van der Waals surface area contributed by atoms with E-state index in [0.717, 1.165) is 51.3 Å². The Balaban J connectivity index is 1.25. The topological polar surface area (TPSA) is 103 Å². The molecule has 0 unspecified atom stereocenters. The molecule has 6 rings (SSSR count). The monoisotopic (exact) mass is 516 g/mol. The van der Waals surface area contributed by atoms with Crippen LogP contribution in [0.5, 0.6) is 0 Å². The molecule has 0 saturated carbocycles. The van der Waals surface area contributed by atoms with Crippen LogP contribution in [0.3, 0.4) is 0 Å². The van der Waals surface area contributed by atoms with Crippen LogP contribution in [-0.4, -0.2) is 67.1 Å².